The third-order valence-corrected chi connectivity index (χ3v) is 6.40. The molecule has 1 aliphatic carbocycles. The third kappa shape index (κ3) is 3.58. The minimum atomic E-state index is 0.0000953. The first-order chi connectivity index (χ1) is 12.4. The summed E-state index contributed by atoms with van der Waals surface area (Å²) in [5.74, 6) is 0.884. The first-order valence-electron chi connectivity index (χ1n) is 9.61. The number of rotatable bonds is 5. The van der Waals surface area contributed by atoms with Crippen molar-refractivity contribution in [2.45, 2.75) is 52.1 Å². The van der Waals surface area contributed by atoms with Crippen LogP contribution in [0.3, 0.4) is 0 Å². The summed E-state index contributed by atoms with van der Waals surface area (Å²) in [6, 6.07) is 12.8. The van der Waals surface area contributed by atoms with Crippen LogP contribution in [0, 0.1) is 11.3 Å². The van der Waals surface area contributed by atoms with Crippen molar-refractivity contribution >= 4 is 21.4 Å². The topological polar surface area (TPSA) is 32.9 Å². The SMILES string of the molecule is CCc1cc2c([nH]c1=O)=CC(C)(C([C@H](C)P)[C@@H](C)c1ccccc1)CC=2. The third-order valence-electron chi connectivity index (χ3n) is 5.99. The Morgan fingerprint density at radius 1 is 1.23 bits per heavy atom. The summed E-state index contributed by atoms with van der Waals surface area (Å²) in [5, 5.41) is 2.15. The van der Waals surface area contributed by atoms with Crippen LogP contribution in [0.15, 0.2) is 41.2 Å². The molecule has 3 heteroatoms. The first kappa shape index (κ1) is 19.1. The summed E-state index contributed by atoms with van der Waals surface area (Å²) >= 11 is 0. The molecule has 0 saturated carbocycles. The summed E-state index contributed by atoms with van der Waals surface area (Å²) in [5.41, 5.74) is 2.75. The Morgan fingerprint density at radius 2 is 1.92 bits per heavy atom. The number of aromatic amines is 1. The lowest BCUT2D eigenvalue weighted by Gasteiger charge is -2.42. The van der Waals surface area contributed by atoms with E-state index >= 15 is 0 Å². The summed E-state index contributed by atoms with van der Waals surface area (Å²) in [6.07, 6.45) is 6.38. The Bertz CT molecular complexity index is 944. The van der Waals surface area contributed by atoms with Crippen LogP contribution in [0.5, 0.6) is 0 Å². The molecule has 3 unspecified atom stereocenters. The zero-order valence-electron chi connectivity index (χ0n) is 16.3. The monoisotopic (exact) mass is 367 g/mol. The highest BCUT2D eigenvalue weighted by molar-refractivity contribution is 7.17. The van der Waals surface area contributed by atoms with Crippen LogP contribution in [0.2, 0.25) is 0 Å². The van der Waals surface area contributed by atoms with E-state index in [-0.39, 0.29) is 11.0 Å². The molecule has 26 heavy (non-hydrogen) atoms. The van der Waals surface area contributed by atoms with E-state index in [1.807, 2.05) is 6.92 Å². The molecule has 3 rings (SSSR count). The average molecular weight is 367 g/mol. The maximum atomic E-state index is 12.3. The number of H-pyrrole nitrogens is 1. The molecule has 0 aliphatic heterocycles. The molecule has 2 nitrogen and oxygen atoms in total. The number of fused-ring (bicyclic) bond motifs is 1. The number of benzene rings is 1. The molecule has 1 aromatic heterocycles. The number of pyridine rings is 1. The van der Waals surface area contributed by atoms with Gasteiger partial charge in [0.2, 0.25) is 0 Å². The maximum Gasteiger partial charge on any atom is 0.251 e. The quantitative estimate of drug-likeness (QED) is 0.805. The number of nitrogens with one attached hydrogen (secondary N) is 1. The smallest absolute Gasteiger partial charge is 0.251 e. The van der Waals surface area contributed by atoms with Gasteiger partial charge in [0, 0.05) is 10.9 Å². The van der Waals surface area contributed by atoms with Gasteiger partial charge in [0.05, 0.1) is 0 Å². The van der Waals surface area contributed by atoms with Gasteiger partial charge in [-0.1, -0.05) is 70.2 Å². The van der Waals surface area contributed by atoms with E-state index in [4.69, 9.17) is 0 Å². The molecule has 1 heterocycles. The van der Waals surface area contributed by atoms with Gasteiger partial charge < -0.3 is 4.98 Å². The lowest BCUT2D eigenvalue weighted by Crippen LogP contribution is -2.44. The van der Waals surface area contributed by atoms with Crippen molar-refractivity contribution in [3.05, 3.63) is 68.4 Å². The molecule has 0 saturated heterocycles. The van der Waals surface area contributed by atoms with Gasteiger partial charge in [-0.3, -0.25) is 4.79 Å². The van der Waals surface area contributed by atoms with Gasteiger partial charge in [0.1, 0.15) is 0 Å². The Balaban J connectivity index is 2.08. The Hall–Kier alpha value is -1.66. The lowest BCUT2D eigenvalue weighted by molar-refractivity contribution is 0.243. The van der Waals surface area contributed by atoms with Gasteiger partial charge in [0.15, 0.2) is 0 Å². The molecule has 1 aliphatic rings. The summed E-state index contributed by atoms with van der Waals surface area (Å²) in [4.78, 5) is 15.4. The summed E-state index contributed by atoms with van der Waals surface area (Å²) in [7, 11) is 3.01. The molecule has 1 N–H and O–H groups in total. The normalized spacial score (nSPS) is 22.5. The lowest BCUT2D eigenvalue weighted by atomic mass is 9.65. The van der Waals surface area contributed by atoms with E-state index in [0.717, 1.165) is 23.8 Å². The standard InChI is InChI=1S/C23H30NOP/c1-5-17-13-19-11-12-23(4,14-20(19)24-22(17)25)21(16(3)26)15(2)18-9-7-6-8-10-18/h6-11,13-16,21H,5,12,26H2,1-4H3,(H,24,25)/t15-,16-,21?,23?/m0/s1. The van der Waals surface area contributed by atoms with Crippen LogP contribution in [-0.4, -0.2) is 10.6 Å². The van der Waals surface area contributed by atoms with Crippen LogP contribution in [-0.2, 0) is 6.42 Å². The highest BCUT2D eigenvalue weighted by Gasteiger charge is 2.38. The average Bonchev–Trinajstić information content (AvgIpc) is 2.61. The molecule has 0 spiro atoms. The number of hydrogen-bond acceptors (Lipinski definition) is 1. The van der Waals surface area contributed by atoms with E-state index < -0.39 is 0 Å². The van der Waals surface area contributed by atoms with Crippen molar-refractivity contribution in [1.82, 2.24) is 4.98 Å². The molecule has 1 aromatic carbocycles. The second-order valence-electron chi connectivity index (χ2n) is 7.99. The van der Waals surface area contributed by atoms with E-state index in [1.54, 1.807) is 0 Å². The fourth-order valence-electron chi connectivity index (χ4n) is 4.70. The van der Waals surface area contributed by atoms with Crippen molar-refractivity contribution in [1.29, 1.82) is 0 Å². The zero-order valence-corrected chi connectivity index (χ0v) is 17.4. The van der Waals surface area contributed by atoms with Crippen LogP contribution < -0.4 is 16.1 Å². The number of aromatic nitrogens is 1. The predicted molar refractivity (Wildman–Crippen MR) is 115 cm³/mol. The summed E-state index contributed by atoms with van der Waals surface area (Å²) in [6.45, 7) is 8.98. The summed E-state index contributed by atoms with van der Waals surface area (Å²) < 4.78 is 0. The minimum Gasteiger partial charge on any atom is -0.322 e. The Morgan fingerprint density at radius 3 is 2.54 bits per heavy atom. The molecule has 0 bridgehead atoms. The van der Waals surface area contributed by atoms with E-state index in [1.165, 1.54) is 10.8 Å². The number of aryl methyl sites for hydroxylation is 1. The van der Waals surface area contributed by atoms with Crippen LogP contribution in [0.1, 0.15) is 51.2 Å². The minimum absolute atomic E-state index is 0.0000953. The first-order valence-corrected chi connectivity index (χ1v) is 10.3. The van der Waals surface area contributed by atoms with Gasteiger partial charge in [0.25, 0.3) is 5.56 Å². The number of hydrogen-bond donors (Lipinski definition) is 1. The molecule has 5 atom stereocenters. The van der Waals surface area contributed by atoms with Crippen molar-refractivity contribution in [3.63, 3.8) is 0 Å². The van der Waals surface area contributed by atoms with Crippen molar-refractivity contribution < 1.29 is 0 Å². The van der Waals surface area contributed by atoms with Gasteiger partial charge in [-0.15, -0.1) is 9.24 Å². The molecular formula is C23H30NOP. The van der Waals surface area contributed by atoms with Crippen LogP contribution >= 0.6 is 9.24 Å². The van der Waals surface area contributed by atoms with Crippen LogP contribution in [0.4, 0.5) is 0 Å². The predicted octanol–water partition coefficient (Wildman–Crippen LogP) is 3.59. The fourth-order valence-corrected chi connectivity index (χ4v) is 5.47. The van der Waals surface area contributed by atoms with Crippen molar-refractivity contribution in [2.75, 3.05) is 0 Å². The van der Waals surface area contributed by atoms with Crippen LogP contribution in [0.25, 0.3) is 12.2 Å². The van der Waals surface area contributed by atoms with Crippen molar-refractivity contribution in [3.8, 4) is 0 Å². The Labute approximate surface area is 158 Å². The second kappa shape index (κ2) is 7.53. The van der Waals surface area contributed by atoms with Gasteiger partial charge >= 0.3 is 0 Å². The maximum absolute atomic E-state index is 12.3. The Kier molecular flexibility index (Phi) is 5.53. The van der Waals surface area contributed by atoms with E-state index in [0.29, 0.717) is 17.5 Å². The second-order valence-corrected chi connectivity index (χ2v) is 9.04. The molecule has 0 amide bonds. The van der Waals surface area contributed by atoms with Crippen molar-refractivity contribution in [2.24, 2.45) is 11.3 Å². The van der Waals surface area contributed by atoms with Gasteiger partial charge in [-0.25, -0.2) is 0 Å². The highest BCUT2D eigenvalue weighted by atomic mass is 31.0. The van der Waals surface area contributed by atoms with Gasteiger partial charge in [-0.2, -0.15) is 0 Å². The molecule has 138 valence electrons. The van der Waals surface area contributed by atoms with E-state index in [2.05, 4.69) is 83.5 Å². The van der Waals surface area contributed by atoms with Gasteiger partial charge in [-0.05, 0) is 52.6 Å². The largest absolute Gasteiger partial charge is 0.322 e. The molecular weight excluding hydrogens is 337 g/mol. The fraction of sp³-hybridized carbons (Fsp3) is 0.435. The zero-order chi connectivity index (χ0) is 18.9. The molecule has 0 radical (unpaired) electrons. The molecule has 0 fully saturated rings. The molecule has 2 aromatic rings. The van der Waals surface area contributed by atoms with E-state index in [9.17, 15) is 4.79 Å². The highest BCUT2D eigenvalue weighted by Crippen LogP contribution is 2.46.